The molecule has 1 amide bonds. The van der Waals surface area contributed by atoms with Gasteiger partial charge in [-0.15, -0.1) is 0 Å². The summed E-state index contributed by atoms with van der Waals surface area (Å²) in [5, 5.41) is 22.5. The molecule has 2 atom stereocenters. The highest BCUT2D eigenvalue weighted by molar-refractivity contribution is 6.59. The van der Waals surface area contributed by atoms with E-state index in [1.807, 2.05) is 0 Å². The first-order valence-electron chi connectivity index (χ1n) is 6.36. The van der Waals surface area contributed by atoms with Crippen LogP contribution in [0, 0.1) is 5.92 Å². The number of aromatic nitrogens is 1. The second-order valence-corrected chi connectivity index (χ2v) is 5.42. The normalized spacial score (nSPS) is 20.4. The van der Waals surface area contributed by atoms with Gasteiger partial charge in [0.1, 0.15) is 12.0 Å². The van der Waals surface area contributed by atoms with E-state index in [4.69, 9.17) is 11.6 Å². The van der Waals surface area contributed by atoms with Crippen LogP contribution in [0.1, 0.15) is 6.42 Å². The van der Waals surface area contributed by atoms with Crippen molar-refractivity contribution in [2.75, 3.05) is 5.32 Å². The highest BCUT2D eigenvalue weighted by Crippen LogP contribution is 2.34. The van der Waals surface area contributed by atoms with Crippen molar-refractivity contribution in [1.82, 2.24) is 4.98 Å². The van der Waals surface area contributed by atoms with Crippen molar-refractivity contribution in [3.05, 3.63) is 29.4 Å². The molecule has 0 unspecified atom stereocenters. The molecule has 3 N–H and O–H groups in total. The predicted octanol–water partition coefficient (Wildman–Crippen LogP) is 0.864. The third-order valence-electron chi connectivity index (χ3n) is 3.41. The van der Waals surface area contributed by atoms with Crippen molar-refractivity contribution in [3.8, 4) is 0 Å². The van der Waals surface area contributed by atoms with Gasteiger partial charge < -0.3 is 15.4 Å². The molecule has 5 nitrogen and oxygen atoms in total. The third-order valence-corrected chi connectivity index (χ3v) is 3.72. The van der Waals surface area contributed by atoms with E-state index in [1.165, 1.54) is 18.3 Å². The number of hydrogen-bond donors (Lipinski definition) is 3. The van der Waals surface area contributed by atoms with Crippen molar-refractivity contribution in [1.29, 1.82) is 0 Å². The van der Waals surface area contributed by atoms with E-state index < -0.39 is 25.1 Å². The molecule has 0 spiro atoms. The molecule has 0 aliphatic heterocycles. The number of amides is 1. The van der Waals surface area contributed by atoms with E-state index in [2.05, 4.69) is 10.3 Å². The minimum atomic E-state index is -1.64. The van der Waals surface area contributed by atoms with Crippen LogP contribution in [0.2, 0.25) is 5.02 Å². The number of nitrogens with one attached hydrogen (secondary N) is 1. The molecule has 1 aliphatic rings. The zero-order chi connectivity index (χ0) is 15.1. The molecular formula is C13H11BClFN2O3. The summed E-state index contributed by atoms with van der Waals surface area (Å²) in [5.74, 6) is -0.734. The van der Waals surface area contributed by atoms with Gasteiger partial charge in [0.05, 0.1) is 5.92 Å². The van der Waals surface area contributed by atoms with Gasteiger partial charge in [-0.05, 0) is 29.4 Å². The molecule has 108 valence electrons. The molecule has 2 aromatic rings. The van der Waals surface area contributed by atoms with Crippen LogP contribution in [0.4, 0.5) is 10.2 Å². The quantitative estimate of drug-likeness (QED) is 0.735. The Balaban J connectivity index is 1.93. The van der Waals surface area contributed by atoms with E-state index in [0.717, 1.165) is 0 Å². The van der Waals surface area contributed by atoms with Gasteiger partial charge in [0.25, 0.3) is 0 Å². The van der Waals surface area contributed by atoms with E-state index in [0.29, 0.717) is 15.8 Å². The second kappa shape index (κ2) is 5.25. The Morgan fingerprint density at radius 1 is 1.43 bits per heavy atom. The van der Waals surface area contributed by atoms with Crippen LogP contribution >= 0.6 is 11.6 Å². The fourth-order valence-electron chi connectivity index (χ4n) is 2.11. The van der Waals surface area contributed by atoms with Crippen molar-refractivity contribution < 1.29 is 19.2 Å². The molecule has 1 saturated carbocycles. The Morgan fingerprint density at radius 3 is 2.76 bits per heavy atom. The maximum Gasteiger partial charge on any atom is 0.488 e. The van der Waals surface area contributed by atoms with Gasteiger partial charge in [0.15, 0.2) is 0 Å². The topological polar surface area (TPSA) is 82.5 Å². The van der Waals surface area contributed by atoms with Crippen LogP contribution in [0.3, 0.4) is 0 Å². The lowest BCUT2D eigenvalue weighted by Crippen LogP contribution is -2.29. The maximum atomic E-state index is 12.8. The van der Waals surface area contributed by atoms with Crippen molar-refractivity contribution in [2.45, 2.75) is 12.6 Å². The van der Waals surface area contributed by atoms with E-state index >= 15 is 0 Å². The number of carbonyl (C=O) groups is 1. The van der Waals surface area contributed by atoms with Crippen LogP contribution < -0.4 is 10.8 Å². The zero-order valence-electron chi connectivity index (χ0n) is 10.8. The Bertz CT molecular complexity index is 728. The Morgan fingerprint density at radius 2 is 2.14 bits per heavy atom. The second-order valence-electron chi connectivity index (χ2n) is 5.01. The molecule has 1 fully saturated rings. The summed E-state index contributed by atoms with van der Waals surface area (Å²) < 4.78 is 12.8. The molecule has 8 heteroatoms. The Hall–Kier alpha value is -1.70. The summed E-state index contributed by atoms with van der Waals surface area (Å²) in [7, 11) is -1.64. The third kappa shape index (κ3) is 2.85. The van der Waals surface area contributed by atoms with Crippen LogP contribution in [0.15, 0.2) is 24.4 Å². The molecule has 0 bridgehead atoms. The Kier molecular flexibility index (Phi) is 3.56. The number of hydrogen-bond acceptors (Lipinski definition) is 4. The van der Waals surface area contributed by atoms with Crippen LogP contribution in [-0.2, 0) is 4.79 Å². The summed E-state index contributed by atoms with van der Waals surface area (Å²) in [6, 6.07) is 4.53. The largest absolute Gasteiger partial charge is 0.488 e. The standard InChI is InChI=1S/C13H11BClFN2O3/c15-10-3-7(14(20)21)1-6-2-12(17-5-9(6)10)18-13(19)8-4-11(8)16/h1-3,5,8,11,20-21H,4H2,(H,17,18,19)/t8-,11+/m1/s1. The van der Waals surface area contributed by atoms with Crippen molar-refractivity contribution in [3.63, 3.8) is 0 Å². The number of fused-ring (bicyclic) bond motifs is 1. The SMILES string of the molecule is O=C(Nc1cc2cc(B(O)O)cc(Cl)c2cn1)[C@@H]1C[C@@H]1F. The molecule has 0 saturated heterocycles. The summed E-state index contributed by atoms with van der Waals surface area (Å²) in [6.07, 6.45) is 0.642. The average Bonchev–Trinajstić information content (AvgIpc) is 3.15. The summed E-state index contributed by atoms with van der Waals surface area (Å²) in [4.78, 5) is 15.7. The fraction of sp³-hybridized carbons (Fsp3) is 0.231. The smallest absolute Gasteiger partial charge is 0.423 e. The van der Waals surface area contributed by atoms with Gasteiger partial charge in [-0.2, -0.15) is 0 Å². The molecule has 1 aromatic heterocycles. The molecule has 3 rings (SSSR count). The van der Waals surface area contributed by atoms with Gasteiger partial charge in [-0.1, -0.05) is 17.7 Å². The van der Waals surface area contributed by atoms with Crippen molar-refractivity contribution >= 4 is 46.7 Å². The van der Waals surface area contributed by atoms with E-state index in [9.17, 15) is 19.2 Å². The maximum absolute atomic E-state index is 12.8. The molecule has 21 heavy (non-hydrogen) atoms. The summed E-state index contributed by atoms with van der Waals surface area (Å²) in [5.41, 5.74) is 0.238. The highest BCUT2D eigenvalue weighted by Gasteiger charge is 2.43. The molecule has 1 aliphatic carbocycles. The number of rotatable bonds is 3. The van der Waals surface area contributed by atoms with Gasteiger partial charge in [-0.3, -0.25) is 4.79 Å². The summed E-state index contributed by atoms with van der Waals surface area (Å²) in [6.45, 7) is 0. The van der Waals surface area contributed by atoms with Gasteiger partial charge in [-0.25, -0.2) is 9.37 Å². The molecule has 1 aromatic carbocycles. The predicted molar refractivity (Wildman–Crippen MR) is 78.2 cm³/mol. The number of pyridine rings is 1. The lowest BCUT2D eigenvalue weighted by atomic mass is 9.79. The monoisotopic (exact) mass is 308 g/mol. The first-order chi connectivity index (χ1) is 9.95. The number of benzene rings is 1. The minimum absolute atomic E-state index is 0.238. The lowest BCUT2D eigenvalue weighted by Gasteiger charge is -2.08. The van der Waals surface area contributed by atoms with Gasteiger partial charge in [0, 0.05) is 16.6 Å². The fourth-order valence-corrected chi connectivity index (χ4v) is 2.39. The van der Waals surface area contributed by atoms with Crippen LogP contribution in [-0.4, -0.2) is 34.2 Å². The number of nitrogens with zero attached hydrogens (tertiary/aromatic N) is 1. The van der Waals surface area contributed by atoms with E-state index in [1.54, 1.807) is 6.07 Å². The van der Waals surface area contributed by atoms with Crippen LogP contribution in [0.5, 0.6) is 0 Å². The number of carbonyl (C=O) groups excluding carboxylic acids is 1. The number of alkyl halides is 1. The number of anilines is 1. The molecule has 1 heterocycles. The first-order valence-corrected chi connectivity index (χ1v) is 6.74. The molecular weight excluding hydrogens is 297 g/mol. The van der Waals surface area contributed by atoms with Gasteiger partial charge in [0.2, 0.25) is 5.91 Å². The van der Waals surface area contributed by atoms with E-state index in [-0.39, 0.29) is 17.7 Å². The van der Waals surface area contributed by atoms with Crippen LogP contribution in [0.25, 0.3) is 10.8 Å². The first kappa shape index (κ1) is 14.3. The number of halogens is 2. The van der Waals surface area contributed by atoms with Crippen molar-refractivity contribution in [2.24, 2.45) is 5.92 Å². The minimum Gasteiger partial charge on any atom is -0.423 e. The summed E-state index contributed by atoms with van der Waals surface area (Å²) >= 11 is 6.04. The highest BCUT2D eigenvalue weighted by atomic mass is 35.5. The average molecular weight is 309 g/mol. The molecule has 0 radical (unpaired) electrons. The zero-order valence-corrected chi connectivity index (χ0v) is 11.5. The lowest BCUT2D eigenvalue weighted by molar-refractivity contribution is -0.117. The Labute approximate surface area is 124 Å². The van der Waals surface area contributed by atoms with Gasteiger partial charge >= 0.3 is 7.12 Å².